The molecular weight excluding hydrogens is 384 g/mol. The Morgan fingerprint density at radius 3 is 2.58 bits per heavy atom. The zero-order valence-electron chi connectivity index (χ0n) is 20.5. The van der Waals surface area contributed by atoms with E-state index in [1.54, 1.807) is 0 Å². The summed E-state index contributed by atoms with van der Waals surface area (Å²) in [6, 6.07) is 0. The first kappa shape index (κ1) is 21.8. The molecule has 174 valence electrons. The third kappa shape index (κ3) is 3.37. The van der Waals surface area contributed by atoms with E-state index in [1.807, 2.05) is 0 Å². The highest BCUT2D eigenvalue weighted by atomic mass is 16.8. The van der Waals surface area contributed by atoms with Gasteiger partial charge < -0.3 is 5.21 Å². The van der Waals surface area contributed by atoms with Crippen molar-refractivity contribution in [2.45, 2.75) is 105 Å². The average molecular weight is 429 g/mol. The Labute approximate surface area is 189 Å². The summed E-state index contributed by atoms with van der Waals surface area (Å²) < 4.78 is 4.99. The van der Waals surface area contributed by atoms with Crippen LogP contribution in [-0.2, 0) is 12.8 Å². The molecule has 4 aliphatic rings. The predicted octanol–water partition coefficient (Wildman–Crippen LogP) is 6.34. The van der Waals surface area contributed by atoms with Crippen LogP contribution in [0.4, 0.5) is 0 Å². The van der Waals surface area contributed by atoms with Gasteiger partial charge in [0.2, 0.25) is 5.69 Å². The molecule has 0 saturated heterocycles. The Hall–Kier alpha value is -1.06. The van der Waals surface area contributed by atoms with E-state index in [4.69, 9.17) is 4.63 Å². The summed E-state index contributed by atoms with van der Waals surface area (Å²) in [5.41, 5.74) is 2.55. The molecule has 0 amide bonds. The maximum atomic E-state index is 12.2. The standard InChI is InChI=1S/C27H44N2O2/c1-17(2)7-6-8-18(3)21-11-12-22-20-10-9-19-15-24-25(29(30)31-28-24)16-27(19,5)23(20)13-14-26(21,22)4/h17-23H,6-16H2,1-5H3/t18-,19+,20-,21-,22+,23-,26-,27+/m1/s1. The summed E-state index contributed by atoms with van der Waals surface area (Å²) in [7, 11) is 0. The van der Waals surface area contributed by atoms with E-state index in [1.165, 1.54) is 57.8 Å². The highest BCUT2D eigenvalue weighted by molar-refractivity contribution is 5.19. The van der Waals surface area contributed by atoms with Crippen molar-refractivity contribution in [3.63, 3.8) is 0 Å². The van der Waals surface area contributed by atoms with Gasteiger partial charge in [0.15, 0.2) is 5.69 Å². The molecule has 4 nitrogen and oxygen atoms in total. The molecule has 0 aliphatic heterocycles. The monoisotopic (exact) mass is 428 g/mol. The summed E-state index contributed by atoms with van der Waals surface area (Å²) in [6.07, 6.45) is 14.4. The molecule has 3 fully saturated rings. The molecule has 0 unspecified atom stereocenters. The second kappa shape index (κ2) is 7.76. The lowest BCUT2D eigenvalue weighted by Crippen LogP contribution is -2.55. The Balaban J connectivity index is 1.34. The van der Waals surface area contributed by atoms with Gasteiger partial charge in [-0.2, -0.15) is 0 Å². The number of hydrogen-bond donors (Lipinski definition) is 0. The number of rotatable bonds is 5. The molecule has 4 heteroatoms. The van der Waals surface area contributed by atoms with Crippen molar-refractivity contribution in [1.29, 1.82) is 0 Å². The van der Waals surface area contributed by atoms with Crippen LogP contribution in [0.1, 0.15) is 104 Å². The first-order chi connectivity index (χ1) is 14.7. The molecule has 0 radical (unpaired) electrons. The summed E-state index contributed by atoms with van der Waals surface area (Å²) in [5.74, 6) is 5.80. The molecular formula is C27H44N2O2. The molecule has 0 N–H and O–H groups in total. The smallest absolute Gasteiger partial charge is 0.221 e. The fourth-order valence-electron chi connectivity index (χ4n) is 9.38. The van der Waals surface area contributed by atoms with Gasteiger partial charge in [0.1, 0.15) is 0 Å². The third-order valence-electron chi connectivity index (χ3n) is 11.0. The Kier molecular flexibility index (Phi) is 5.45. The van der Waals surface area contributed by atoms with Crippen molar-refractivity contribution in [3.8, 4) is 0 Å². The molecule has 0 bridgehead atoms. The summed E-state index contributed by atoms with van der Waals surface area (Å²) in [5, 5.41) is 16.3. The van der Waals surface area contributed by atoms with E-state index in [0.717, 1.165) is 59.7 Å². The minimum atomic E-state index is 0.246. The number of fused-ring (bicyclic) bond motifs is 6. The first-order valence-corrected chi connectivity index (χ1v) is 13.3. The summed E-state index contributed by atoms with van der Waals surface area (Å²) in [4.78, 5) is 0.706. The predicted molar refractivity (Wildman–Crippen MR) is 122 cm³/mol. The van der Waals surface area contributed by atoms with E-state index in [9.17, 15) is 5.21 Å². The number of aromatic nitrogens is 2. The van der Waals surface area contributed by atoms with Crippen LogP contribution in [0, 0.1) is 57.5 Å². The lowest BCUT2D eigenvalue weighted by atomic mass is 9.44. The molecule has 31 heavy (non-hydrogen) atoms. The highest BCUT2D eigenvalue weighted by Crippen LogP contribution is 2.67. The maximum Gasteiger partial charge on any atom is 0.221 e. The highest BCUT2D eigenvalue weighted by Gasteiger charge is 2.61. The largest absolute Gasteiger partial charge is 0.359 e. The number of nitrogens with zero attached hydrogens (tertiary/aromatic N) is 2. The molecule has 1 aromatic heterocycles. The lowest BCUT2D eigenvalue weighted by molar-refractivity contribution is -0.808. The molecule has 0 spiro atoms. The maximum absolute atomic E-state index is 12.2. The quantitative estimate of drug-likeness (QED) is 0.514. The van der Waals surface area contributed by atoms with Crippen molar-refractivity contribution >= 4 is 0 Å². The summed E-state index contributed by atoms with van der Waals surface area (Å²) >= 11 is 0. The summed E-state index contributed by atoms with van der Waals surface area (Å²) in [6.45, 7) is 12.5. The van der Waals surface area contributed by atoms with E-state index in [0.29, 0.717) is 16.2 Å². The van der Waals surface area contributed by atoms with Gasteiger partial charge in [-0.25, -0.2) is 0 Å². The van der Waals surface area contributed by atoms with Crippen LogP contribution in [0.5, 0.6) is 0 Å². The van der Waals surface area contributed by atoms with Gasteiger partial charge >= 0.3 is 0 Å². The second-order valence-electron chi connectivity index (χ2n) is 12.9. The van der Waals surface area contributed by atoms with Crippen LogP contribution in [0.25, 0.3) is 0 Å². The van der Waals surface area contributed by atoms with Gasteiger partial charge in [-0.1, -0.05) is 53.9 Å². The normalized spacial score (nSPS) is 42.6. The van der Waals surface area contributed by atoms with Gasteiger partial charge in [-0.05, 0) is 95.7 Å². The van der Waals surface area contributed by atoms with Crippen molar-refractivity contribution < 1.29 is 9.53 Å². The minimum Gasteiger partial charge on any atom is -0.359 e. The minimum absolute atomic E-state index is 0.246. The fraction of sp³-hybridized carbons (Fsp3) is 0.926. The molecule has 1 heterocycles. The molecule has 8 atom stereocenters. The SMILES string of the molecule is CC(C)CCC[C@@H](C)[C@H]1CC[C@H]2[C@H]3CC[C@H]4Cc5no[n+]([O-])c5C[C@]4(C)[C@@H]3CC[C@]12C. The Morgan fingerprint density at radius 2 is 1.81 bits per heavy atom. The Morgan fingerprint density at radius 1 is 1.03 bits per heavy atom. The third-order valence-corrected chi connectivity index (χ3v) is 11.0. The van der Waals surface area contributed by atoms with Crippen LogP contribution < -0.4 is 4.90 Å². The van der Waals surface area contributed by atoms with Crippen LogP contribution in [-0.4, -0.2) is 5.16 Å². The molecule has 5 rings (SSSR count). The molecule has 1 aromatic rings. The van der Waals surface area contributed by atoms with Gasteiger partial charge in [-0.15, -0.1) is 0 Å². The van der Waals surface area contributed by atoms with Crippen LogP contribution in [0.2, 0.25) is 0 Å². The fourth-order valence-corrected chi connectivity index (χ4v) is 9.38. The van der Waals surface area contributed by atoms with Crippen LogP contribution in [0.15, 0.2) is 4.63 Å². The molecule has 4 aliphatic carbocycles. The van der Waals surface area contributed by atoms with Gasteiger partial charge in [0.05, 0.1) is 0 Å². The van der Waals surface area contributed by atoms with Gasteiger partial charge in [0, 0.05) is 18.0 Å². The van der Waals surface area contributed by atoms with Crippen molar-refractivity contribution in [3.05, 3.63) is 16.6 Å². The van der Waals surface area contributed by atoms with Crippen molar-refractivity contribution in [2.75, 3.05) is 0 Å². The number of hydrogen-bond acceptors (Lipinski definition) is 3. The average Bonchev–Trinajstić information content (AvgIpc) is 3.25. The van der Waals surface area contributed by atoms with Crippen molar-refractivity contribution in [2.24, 2.45) is 52.3 Å². The zero-order chi connectivity index (χ0) is 22.0. The zero-order valence-corrected chi connectivity index (χ0v) is 20.5. The molecule has 3 saturated carbocycles. The first-order valence-electron chi connectivity index (χ1n) is 13.3. The van der Waals surface area contributed by atoms with E-state index >= 15 is 0 Å². The van der Waals surface area contributed by atoms with Crippen LogP contribution >= 0.6 is 0 Å². The van der Waals surface area contributed by atoms with E-state index in [2.05, 4.69) is 39.8 Å². The molecule has 0 aromatic carbocycles. The van der Waals surface area contributed by atoms with Gasteiger partial charge in [0.25, 0.3) is 0 Å². The lowest BCUT2D eigenvalue weighted by Gasteiger charge is -2.60. The van der Waals surface area contributed by atoms with E-state index in [-0.39, 0.29) is 5.41 Å². The van der Waals surface area contributed by atoms with Gasteiger partial charge in [-0.3, -0.25) is 4.63 Å². The Bertz CT molecular complexity index is 803. The van der Waals surface area contributed by atoms with Crippen molar-refractivity contribution in [1.82, 2.24) is 5.16 Å². The second-order valence-corrected chi connectivity index (χ2v) is 12.9. The van der Waals surface area contributed by atoms with E-state index < -0.39 is 0 Å². The van der Waals surface area contributed by atoms with Crippen LogP contribution in [0.3, 0.4) is 0 Å². The topological polar surface area (TPSA) is 53.0 Å².